The highest BCUT2D eigenvalue weighted by Gasteiger charge is 2.16. The van der Waals surface area contributed by atoms with Crippen LogP contribution in [0, 0.1) is 6.92 Å². The molecule has 0 N–H and O–H groups in total. The highest BCUT2D eigenvalue weighted by atomic mass is 15.0. The number of benzene rings is 8. The van der Waals surface area contributed by atoms with Crippen LogP contribution >= 0.6 is 0 Å². The van der Waals surface area contributed by atoms with Crippen molar-refractivity contribution in [1.29, 1.82) is 0 Å². The molecule has 0 amide bonds. The lowest BCUT2D eigenvalue weighted by Gasteiger charge is -2.16. The molecule has 0 spiro atoms. The molecule has 0 unspecified atom stereocenters. The molecule has 0 bridgehead atoms. The Labute approximate surface area is 299 Å². The van der Waals surface area contributed by atoms with Gasteiger partial charge in [-0.25, -0.2) is 0 Å². The fourth-order valence-corrected chi connectivity index (χ4v) is 7.63. The zero-order valence-electron chi connectivity index (χ0n) is 28.6. The second-order valence-electron chi connectivity index (χ2n) is 13.4. The van der Waals surface area contributed by atoms with Crippen LogP contribution in [0.4, 0.5) is 0 Å². The first-order chi connectivity index (χ1) is 25.2. The minimum Gasteiger partial charge on any atom is -0.309 e. The summed E-state index contributed by atoms with van der Waals surface area (Å²) in [6.07, 6.45) is 0.860. The number of para-hydroxylation sites is 1. The van der Waals surface area contributed by atoms with Gasteiger partial charge in [-0.05, 0) is 111 Å². The molecular weight excluding hydrogens is 615 g/mol. The maximum Gasteiger partial charge on any atom is 0.0541 e. The molecule has 1 aromatic heterocycles. The van der Waals surface area contributed by atoms with E-state index < -0.39 is 0 Å². The maximum atomic E-state index is 2.41. The van der Waals surface area contributed by atoms with Crippen LogP contribution in [0.5, 0.6) is 0 Å². The topological polar surface area (TPSA) is 4.93 Å². The Bertz CT molecular complexity index is 2660. The highest BCUT2D eigenvalue weighted by molar-refractivity contribution is 6.10. The van der Waals surface area contributed by atoms with Gasteiger partial charge in [0, 0.05) is 16.5 Å². The van der Waals surface area contributed by atoms with E-state index >= 15 is 0 Å². The van der Waals surface area contributed by atoms with Gasteiger partial charge in [-0.3, -0.25) is 0 Å². The fraction of sp³-hybridized carbons (Fsp3) is 0.0400. The molecule has 0 saturated heterocycles. The summed E-state index contributed by atoms with van der Waals surface area (Å²) in [7, 11) is 0. The van der Waals surface area contributed by atoms with Gasteiger partial charge in [-0.15, -0.1) is 0 Å². The molecule has 0 saturated carbocycles. The van der Waals surface area contributed by atoms with Crippen LogP contribution in [0.25, 0.3) is 72.0 Å². The van der Waals surface area contributed by atoms with E-state index in [1.165, 1.54) is 83.0 Å². The van der Waals surface area contributed by atoms with Gasteiger partial charge in [0.25, 0.3) is 0 Å². The Morgan fingerprint density at radius 1 is 0.373 bits per heavy atom. The SMILES string of the molecule is Cc1ccccc1-c1cc(-c2ccc3c(c2)c2ccccc2n3-c2cccc(-c3ccccc3)c2)ccc1Cc1cccc(-c2ccccc2)c1. The quantitative estimate of drug-likeness (QED) is 0.162. The van der Waals surface area contributed by atoms with E-state index in [9.17, 15) is 0 Å². The zero-order chi connectivity index (χ0) is 34.1. The standard InChI is InChI=1S/C50H37N/c1-35-14-8-9-23-45(35)47-33-41(26-27-43(47)31-36-15-12-20-39(30-36)37-16-4-2-5-17-37)42-28-29-50-48(34-42)46-24-10-11-25-49(46)51(50)44-22-13-21-40(32-44)38-18-6-3-7-19-38/h2-30,32-34H,31H2,1H3. The monoisotopic (exact) mass is 651 g/mol. The molecule has 1 heterocycles. The maximum absolute atomic E-state index is 2.41. The van der Waals surface area contributed by atoms with Crippen molar-refractivity contribution < 1.29 is 0 Å². The first kappa shape index (κ1) is 30.6. The average Bonchev–Trinajstić information content (AvgIpc) is 3.53. The third-order valence-electron chi connectivity index (χ3n) is 10.2. The minimum absolute atomic E-state index is 0.860. The molecule has 0 aliphatic carbocycles. The van der Waals surface area contributed by atoms with Gasteiger partial charge in [-0.2, -0.15) is 0 Å². The molecule has 1 nitrogen and oxygen atoms in total. The number of fused-ring (bicyclic) bond motifs is 3. The first-order valence-corrected chi connectivity index (χ1v) is 17.7. The lowest BCUT2D eigenvalue weighted by atomic mass is 9.89. The van der Waals surface area contributed by atoms with Gasteiger partial charge < -0.3 is 4.57 Å². The average molecular weight is 652 g/mol. The van der Waals surface area contributed by atoms with Gasteiger partial charge in [0.1, 0.15) is 0 Å². The van der Waals surface area contributed by atoms with E-state index in [0.29, 0.717) is 0 Å². The van der Waals surface area contributed by atoms with E-state index in [-0.39, 0.29) is 0 Å². The van der Waals surface area contributed by atoms with Crippen molar-refractivity contribution in [2.45, 2.75) is 13.3 Å². The predicted molar refractivity (Wildman–Crippen MR) is 217 cm³/mol. The summed E-state index contributed by atoms with van der Waals surface area (Å²) in [4.78, 5) is 0. The first-order valence-electron chi connectivity index (χ1n) is 17.7. The Balaban J connectivity index is 1.15. The Kier molecular flexibility index (Phi) is 7.87. The van der Waals surface area contributed by atoms with Crippen molar-refractivity contribution in [3.63, 3.8) is 0 Å². The van der Waals surface area contributed by atoms with E-state index in [0.717, 1.165) is 12.1 Å². The largest absolute Gasteiger partial charge is 0.309 e. The second-order valence-corrected chi connectivity index (χ2v) is 13.4. The molecule has 0 atom stereocenters. The van der Waals surface area contributed by atoms with Crippen LogP contribution in [0.3, 0.4) is 0 Å². The van der Waals surface area contributed by atoms with Crippen LogP contribution in [0.2, 0.25) is 0 Å². The number of nitrogens with zero attached hydrogens (tertiary/aromatic N) is 1. The van der Waals surface area contributed by atoms with Crippen LogP contribution < -0.4 is 0 Å². The molecule has 9 rings (SSSR count). The van der Waals surface area contributed by atoms with E-state index in [4.69, 9.17) is 0 Å². The summed E-state index contributed by atoms with van der Waals surface area (Å²) in [6, 6.07) is 70.7. The number of aromatic nitrogens is 1. The van der Waals surface area contributed by atoms with Crippen LogP contribution in [-0.4, -0.2) is 4.57 Å². The van der Waals surface area contributed by atoms with Crippen molar-refractivity contribution in [3.05, 3.63) is 211 Å². The molecule has 1 heteroatoms. The third kappa shape index (κ3) is 5.83. The van der Waals surface area contributed by atoms with Crippen molar-refractivity contribution in [2.24, 2.45) is 0 Å². The van der Waals surface area contributed by atoms with Crippen LogP contribution in [-0.2, 0) is 6.42 Å². The fourth-order valence-electron chi connectivity index (χ4n) is 7.63. The number of hydrogen-bond donors (Lipinski definition) is 0. The van der Waals surface area contributed by atoms with Crippen LogP contribution in [0.15, 0.2) is 194 Å². The molecule has 0 fully saturated rings. The molecule has 0 radical (unpaired) electrons. The van der Waals surface area contributed by atoms with Gasteiger partial charge in [-0.1, -0.05) is 158 Å². The summed E-state index contributed by atoms with van der Waals surface area (Å²) >= 11 is 0. The van der Waals surface area contributed by atoms with E-state index in [1.54, 1.807) is 0 Å². The van der Waals surface area contributed by atoms with E-state index in [2.05, 4.69) is 206 Å². The van der Waals surface area contributed by atoms with Crippen molar-refractivity contribution in [1.82, 2.24) is 4.57 Å². The summed E-state index contributed by atoms with van der Waals surface area (Å²) in [5.74, 6) is 0. The number of aryl methyl sites for hydroxylation is 1. The Hall–Kier alpha value is -6.44. The van der Waals surface area contributed by atoms with E-state index in [1.807, 2.05) is 0 Å². The summed E-state index contributed by atoms with van der Waals surface area (Å²) < 4.78 is 2.41. The minimum atomic E-state index is 0.860. The molecule has 9 aromatic rings. The lowest BCUT2D eigenvalue weighted by Crippen LogP contribution is -1.96. The van der Waals surface area contributed by atoms with Crippen molar-refractivity contribution in [2.75, 3.05) is 0 Å². The van der Waals surface area contributed by atoms with Crippen LogP contribution in [0.1, 0.15) is 16.7 Å². The lowest BCUT2D eigenvalue weighted by molar-refractivity contribution is 1.18. The predicted octanol–water partition coefficient (Wildman–Crippen LogP) is 13.4. The number of hydrogen-bond acceptors (Lipinski definition) is 0. The summed E-state index contributed by atoms with van der Waals surface area (Å²) in [5, 5.41) is 2.51. The highest BCUT2D eigenvalue weighted by Crippen LogP contribution is 2.38. The summed E-state index contributed by atoms with van der Waals surface area (Å²) in [5.41, 5.74) is 17.4. The van der Waals surface area contributed by atoms with Crippen molar-refractivity contribution in [3.8, 4) is 50.2 Å². The molecule has 0 aliphatic heterocycles. The smallest absolute Gasteiger partial charge is 0.0541 e. The number of rotatable bonds is 7. The normalized spacial score (nSPS) is 11.3. The molecule has 8 aromatic carbocycles. The van der Waals surface area contributed by atoms with Gasteiger partial charge in [0.15, 0.2) is 0 Å². The van der Waals surface area contributed by atoms with Gasteiger partial charge >= 0.3 is 0 Å². The third-order valence-corrected chi connectivity index (χ3v) is 10.2. The zero-order valence-corrected chi connectivity index (χ0v) is 28.6. The Morgan fingerprint density at radius 2 is 0.961 bits per heavy atom. The van der Waals surface area contributed by atoms with Gasteiger partial charge in [0.05, 0.1) is 11.0 Å². The van der Waals surface area contributed by atoms with Crippen molar-refractivity contribution >= 4 is 21.8 Å². The molecule has 51 heavy (non-hydrogen) atoms. The molecular formula is C50H37N. The second kappa shape index (κ2) is 13.1. The Morgan fingerprint density at radius 3 is 1.75 bits per heavy atom. The van der Waals surface area contributed by atoms with Gasteiger partial charge in [0.2, 0.25) is 0 Å². The summed E-state index contributed by atoms with van der Waals surface area (Å²) in [6.45, 7) is 2.22. The molecule has 0 aliphatic rings. The molecule has 242 valence electrons.